The van der Waals surface area contributed by atoms with Gasteiger partial charge in [-0.05, 0) is 45.1 Å². The minimum absolute atomic E-state index is 0.737. The summed E-state index contributed by atoms with van der Waals surface area (Å²) in [5.74, 6) is 0. The molecule has 1 unspecified atom stereocenters. The van der Waals surface area contributed by atoms with E-state index < -0.39 is 0 Å². The molecule has 0 fully saturated rings. The zero-order valence-corrected chi connectivity index (χ0v) is 12.6. The highest BCUT2D eigenvalue weighted by Gasteiger charge is 2.11. The summed E-state index contributed by atoms with van der Waals surface area (Å²) in [6.07, 6.45) is 17.7. The van der Waals surface area contributed by atoms with Crippen LogP contribution in [0.25, 0.3) is 0 Å². The lowest BCUT2D eigenvalue weighted by atomic mass is 9.92. The third-order valence-electron chi connectivity index (χ3n) is 4.04. The van der Waals surface area contributed by atoms with Crippen LogP contribution in [-0.2, 0) is 0 Å². The summed E-state index contributed by atoms with van der Waals surface area (Å²) in [4.78, 5) is 0. The standard InChI is InChI=1S/C17H33N/c1-3-5-6-7-11-14-17(18-4-2)15-16-12-9-8-10-13-16/h12,17-18H,3-11,13-15H2,1-2H3. The van der Waals surface area contributed by atoms with Crippen molar-refractivity contribution in [3.8, 4) is 0 Å². The summed E-state index contributed by atoms with van der Waals surface area (Å²) in [5, 5.41) is 3.68. The second-order valence-electron chi connectivity index (χ2n) is 5.77. The Bertz CT molecular complexity index is 220. The van der Waals surface area contributed by atoms with Crippen molar-refractivity contribution in [2.24, 2.45) is 0 Å². The molecule has 1 heteroatoms. The summed E-state index contributed by atoms with van der Waals surface area (Å²) in [6, 6.07) is 0.737. The van der Waals surface area contributed by atoms with Gasteiger partial charge in [0, 0.05) is 6.04 Å². The largest absolute Gasteiger partial charge is 0.314 e. The maximum absolute atomic E-state index is 3.68. The molecule has 1 atom stereocenters. The van der Waals surface area contributed by atoms with E-state index >= 15 is 0 Å². The monoisotopic (exact) mass is 251 g/mol. The van der Waals surface area contributed by atoms with Gasteiger partial charge < -0.3 is 5.32 Å². The normalized spacial score (nSPS) is 17.6. The van der Waals surface area contributed by atoms with E-state index in [1.54, 1.807) is 5.57 Å². The lowest BCUT2D eigenvalue weighted by molar-refractivity contribution is 0.451. The molecule has 1 rings (SSSR count). The maximum atomic E-state index is 3.68. The van der Waals surface area contributed by atoms with Crippen molar-refractivity contribution >= 4 is 0 Å². The Balaban J connectivity index is 2.19. The molecule has 0 spiro atoms. The Morgan fingerprint density at radius 2 is 1.94 bits per heavy atom. The topological polar surface area (TPSA) is 12.0 Å². The van der Waals surface area contributed by atoms with E-state index in [2.05, 4.69) is 25.2 Å². The first-order chi connectivity index (χ1) is 8.86. The highest BCUT2D eigenvalue weighted by atomic mass is 14.9. The van der Waals surface area contributed by atoms with Gasteiger partial charge in [-0.1, -0.05) is 57.6 Å². The molecule has 0 aliphatic heterocycles. The summed E-state index contributed by atoms with van der Waals surface area (Å²) in [6.45, 7) is 5.64. The zero-order valence-electron chi connectivity index (χ0n) is 12.6. The first kappa shape index (κ1) is 15.8. The minimum atomic E-state index is 0.737. The van der Waals surface area contributed by atoms with Crippen LogP contribution < -0.4 is 5.32 Å². The molecule has 1 aliphatic carbocycles. The Kier molecular flexibility index (Phi) is 9.28. The molecular weight excluding hydrogens is 218 g/mol. The molecule has 1 nitrogen and oxygen atoms in total. The first-order valence-corrected chi connectivity index (χ1v) is 8.28. The number of nitrogens with one attached hydrogen (secondary N) is 1. The molecule has 0 radical (unpaired) electrons. The van der Waals surface area contributed by atoms with Gasteiger partial charge in [-0.3, -0.25) is 0 Å². The molecule has 0 aromatic carbocycles. The molecule has 0 amide bonds. The maximum Gasteiger partial charge on any atom is 0.0104 e. The van der Waals surface area contributed by atoms with Crippen LogP contribution in [0.4, 0.5) is 0 Å². The second-order valence-corrected chi connectivity index (χ2v) is 5.77. The van der Waals surface area contributed by atoms with Gasteiger partial charge in [0.05, 0.1) is 0 Å². The van der Waals surface area contributed by atoms with Gasteiger partial charge >= 0.3 is 0 Å². The van der Waals surface area contributed by atoms with E-state index in [4.69, 9.17) is 0 Å². The average molecular weight is 251 g/mol. The van der Waals surface area contributed by atoms with Crippen LogP contribution in [-0.4, -0.2) is 12.6 Å². The molecule has 0 saturated carbocycles. The number of rotatable bonds is 10. The van der Waals surface area contributed by atoms with Crippen molar-refractivity contribution in [1.29, 1.82) is 0 Å². The Morgan fingerprint density at radius 1 is 1.11 bits per heavy atom. The Morgan fingerprint density at radius 3 is 2.61 bits per heavy atom. The van der Waals surface area contributed by atoms with Crippen molar-refractivity contribution in [2.45, 2.75) is 90.5 Å². The van der Waals surface area contributed by atoms with Gasteiger partial charge in [0.25, 0.3) is 0 Å². The predicted molar refractivity (Wildman–Crippen MR) is 82.0 cm³/mol. The highest BCUT2D eigenvalue weighted by molar-refractivity contribution is 5.07. The van der Waals surface area contributed by atoms with Gasteiger partial charge in [0.2, 0.25) is 0 Å². The number of allylic oxidation sites excluding steroid dienone is 1. The van der Waals surface area contributed by atoms with Gasteiger partial charge in [-0.15, -0.1) is 0 Å². The van der Waals surface area contributed by atoms with E-state index in [1.807, 2.05) is 0 Å². The fourth-order valence-electron chi connectivity index (χ4n) is 2.97. The zero-order chi connectivity index (χ0) is 13.1. The summed E-state index contributed by atoms with van der Waals surface area (Å²) < 4.78 is 0. The lowest BCUT2D eigenvalue weighted by Gasteiger charge is -2.21. The van der Waals surface area contributed by atoms with Crippen molar-refractivity contribution in [3.05, 3.63) is 11.6 Å². The summed E-state index contributed by atoms with van der Waals surface area (Å²) in [5.41, 5.74) is 1.72. The molecule has 0 aromatic heterocycles. The lowest BCUT2D eigenvalue weighted by Crippen LogP contribution is -2.29. The molecule has 0 heterocycles. The van der Waals surface area contributed by atoms with Crippen molar-refractivity contribution in [1.82, 2.24) is 5.32 Å². The molecule has 0 aromatic rings. The smallest absolute Gasteiger partial charge is 0.0104 e. The summed E-state index contributed by atoms with van der Waals surface area (Å²) in [7, 11) is 0. The second kappa shape index (κ2) is 10.6. The third kappa shape index (κ3) is 7.20. The van der Waals surface area contributed by atoms with Crippen LogP contribution in [0.1, 0.15) is 84.5 Å². The van der Waals surface area contributed by atoms with E-state index in [0.717, 1.165) is 12.6 Å². The van der Waals surface area contributed by atoms with Crippen LogP contribution in [0.3, 0.4) is 0 Å². The summed E-state index contributed by atoms with van der Waals surface area (Å²) >= 11 is 0. The van der Waals surface area contributed by atoms with Crippen molar-refractivity contribution < 1.29 is 0 Å². The van der Waals surface area contributed by atoms with Gasteiger partial charge in [-0.2, -0.15) is 0 Å². The molecule has 0 saturated heterocycles. The van der Waals surface area contributed by atoms with Gasteiger partial charge in [0.1, 0.15) is 0 Å². The fourth-order valence-corrected chi connectivity index (χ4v) is 2.97. The SMILES string of the molecule is CCCCCCCC(CC1=CCCCC1)NCC. The Labute approximate surface area is 114 Å². The molecule has 1 aliphatic rings. The van der Waals surface area contributed by atoms with Gasteiger partial charge in [0.15, 0.2) is 0 Å². The van der Waals surface area contributed by atoms with E-state index in [9.17, 15) is 0 Å². The van der Waals surface area contributed by atoms with Gasteiger partial charge in [-0.25, -0.2) is 0 Å². The highest BCUT2D eigenvalue weighted by Crippen LogP contribution is 2.23. The first-order valence-electron chi connectivity index (χ1n) is 8.28. The quantitative estimate of drug-likeness (QED) is 0.415. The van der Waals surface area contributed by atoms with Crippen LogP contribution in [0.5, 0.6) is 0 Å². The van der Waals surface area contributed by atoms with Crippen LogP contribution in [0, 0.1) is 0 Å². The predicted octanol–water partition coefficient (Wildman–Crippen LogP) is 5.22. The molecular formula is C17H33N. The van der Waals surface area contributed by atoms with Crippen LogP contribution >= 0.6 is 0 Å². The molecule has 1 N–H and O–H groups in total. The molecule has 0 bridgehead atoms. The third-order valence-corrected chi connectivity index (χ3v) is 4.04. The van der Waals surface area contributed by atoms with E-state index in [-0.39, 0.29) is 0 Å². The average Bonchev–Trinajstić information content (AvgIpc) is 2.40. The number of hydrogen-bond donors (Lipinski definition) is 1. The number of hydrogen-bond acceptors (Lipinski definition) is 1. The van der Waals surface area contributed by atoms with Crippen LogP contribution in [0.2, 0.25) is 0 Å². The fraction of sp³-hybridized carbons (Fsp3) is 0.882. The molecule has 106 valence electrons. The molecule has 18 heavy (non-hydrogen) atoms. The Hall–Kier alpha value is -0.300. The minimum Gasteiger partial charge on any atom is -0.314 e. The van der Waals surface area contributed by atoms with Crippen molar-refractivity contribution in [2.75, 3.05) is 6.54 Å². The number of unbranched alkanes of at least 4 members (excludes halogenated alkanes) is 4. The van der Waals surface area contributed by atoms with Crippen LogP contribution in [0.15, 0.2) is 11.6 Å². The van der Waals surface area contributed by atoms with E-state index in [0.29, 0.717) is 0 Å². The van der Waals surface area contributed by atoms with E-state index in [1.165, 1.54) is 70.6 Å². The van der Waals surface area contributed by atoms with Crippen molar-refractivity contribution in [3.63, 3.8) is 0 Å².